The molecular formula is C24H27N5OS3. The molecule has 0 spiro atoms. The number of amides is 1. The van der Waals surface area contributed by atoms with Crippen LogP contribution in [0.25, 0.3) is 11.4 Å². The monoisotopic (exact) mass is 497 g/mol. The highest BCUT2D eigenvalue weighted by molar-refractivity contribution is 7.99. The van der Waals surface area contributed by atoms with Gasteiger partial charge in [-0.25, -0.2) is 0 Å². The second kappa shape index (κ2) is 9.61. The van der Waals surface area contributed by atoms with Crippen molar-refractivity contribution in [1.29, 1.82) is 5.26 Å². The van der Waals surface area contributed by atoms with Crippen LogP contribution in [0.4, 0.5) is 5.00 Å². The number of nitrogens with one attached hydrogen (secondary N) is 1. The maximum absolute atomic E-state index is 12.8. The Labute approximate surface area is 206 Å². The average Bonchev–Trinajstić information content (AvgIpc) is 3.51. The van der Waals surface area contributed by atoms with Gasteiger partial charge >= 0.3 is 0 Å². The molecule has 172 valence electrons. The molecule has 0 unspecified atom stereocenters. The number of rotatable bonds is 6. The topological polar surface area (TPSA) is 83.6 Å². The van der Waals surface area contributed by atoms with Gasteiger partial charge in [-0.2, -0.15) is 5.26 Å². The van der Waals surface area contributed by atoms with E-state index >= 15 is 0 Å². The second-order valence-corrected chi connectivity index (χ2v) is 11.9. The standard InChI is InChI=1S/C24H27N5OS3/c1-14(2)29-22(18-12-31-19-9-5-3-8-16(18)19)27-28-24(29)32-13-21(30)26-23-17(11-25)15-7-4-6-10-20(15)33-23/h12,14H,3-10,13H2,1-2H3,(H,26,30). The number of thioether (sulfide) groups is 1. The zero-order chi connectivity index (χ0) is 22.9. The molecule has 3 heterocycles. The SMILES string of the molecule is CC(C)n1c(SCC(=O)Nc2sc3c(c2C#N)CCCC3)nnc1-c1csc2c1CCCC2. The molecule has 5 rings (SSSR count). The highest BCUT2D eigenvalue weighted by Gasteiger charge is 2.25. The van der Waals surface area contributed by atoms with Crippen LogP contribution >= 0.6 is 34.4 Å². The Hall–Kier alpha value is -2.15. The smallest absolute Gasteiger partial charge is 0.235 e. The molecule has 3 aromatic heterocycles. The minimum Gasteiger partial charge on any atom is -0.316 e. The van der Waals surface area contributed by atoms with Gasteiger partial charge in [-0.3, -0.25) is 9.36 Å². The molecule has 0 bridgehead atoms. The molecule has 2 aliphatic carbocycles. The molecule has 0 atom stereocenters. The maximum atomic E-state index is 12.8. The lowest BCUT2D eigenvalue weighted by Gasteiger charge is -2.16. The van der Waals surface area contributed by atoms with Crippen LogP contribution in [0.1, 0.15) is 72.0 Å². The largest absolute Gasteiger partial charge is 0.316 e. The highest BCUT2D eigenvalue weighted by Crippen LogP contribution is 2.39. The summed E-state index contributed by atoms with van der Waals surface area (Å²) in [5.41, 5.74) is 4.43. The molecule has 0 saturated carbocycles. The number of aromatic nitrogens is 3. The molecular weight excluding hydrogens is 470 g/mol. The summed E-state index contributed by atoms with van der Waals surface area (Å²) in [5, 5.41) is 25.3. The van der Waals surface area contributed by atoms with Crippen molar-refractivity contribution < 1.29 is 4.79 Å². The number of anilines is 1. The minimum absolute atomic E-state index is 0.108. The molecule has 3 aromatic rings. The normalized spacial score (nSPS) is 15.2. The van der Waals surface area contributed by atoms with Crippen molar-refractivity contribution in [2.24, 2.45) is 0 Å². The van der Waals surface area contributed by atoms with Crippen molar-refractivity contribution in [2.45, 2.75) is 76.4 Å². The lowest BCUT2D eigenvalue weighted by molar-refractivity contribution is -0.113. The van der Waals surface area contributed by atoms with Crippen molar-refractivity contribution >= 4 is 45.3 Å². The second-order valence-electron chi connectivity index (χ2n) is 8.89. The predicted molar refractivity (Wildman–Crippen MR) is 135 cm³/mol. The number of thiophene rings is 2. The van der Waals surface area contributed by atoms with Crippen LogP contribution in [-0.2, 0) is 30.5 Å². The summed E-state index contributed by atoms with van der Waals surface area (Å²) in [7, 11) is 0. The van der Waals surface area contributed by atoms with E-state index in [-0.39, 0.29) is 17.7 Å². The lowest BCUT2D eigenvalue weighted by atomic mass is 9.95. The number of hydrogen-bond acceptors (Lipinski definition) is 7. The highest BCUT2D eigenvalue weighted by atomic mass is 32.2. The third-order valence-electron chi connectivity index (χ3n) is 6.35. The van der Waals surface area contributed by atoms with Gasteiger partial charge in [0.1, 0.15) is 11.1 Å². The fourth-order valence-electron chi connectivity index (χ4n) is 4.77. The van der Waals surface area contributed by atoms with Gasteiger partial charge in [0.15, 0.2) is 11.0 Å². The molecule has 33 heavy (non-hydrogen) atoms. The fraction of sp³-hybridized carbons (Fsp3) is 0.500. The average molecular weight is 498 g/mol. The Morgan fingerprint density at radius 2 is 1.88 bits per heavy atom. The third-order valence-corrected chi connectivity index (χ3v) is 9.59. The molecule has 0 radical (unpaired) electrons. The molecule has 6 nitrogen and oxygen atoms in total. The number of carbonyl (C=O) groups excluding carboxylic acids is 1. The maximum Gasteiger partial charge on any atom is 0.235 e. The van der Waals surface area contributed by atoms with Gasteiger partial charge in [0, 0.05) is 26.7 Å². The van der Waals surface area contributed by atoms with Crippen molar-refractivity contribution in [3.63, 3.8) is 0 Å². The molecule has 1 amide bonds. The summed E-state index contributed by atoms with van der Waals surface area (Å²) in [4.78, 5) is 15.5. The Bertz CT molecular complexity index is 1230. The Kier molecular flexibility index (Phi) is 6.59. The summed E-state index contributed by atoms with van der Waals surface area (Å²) in [6, 6.07) is 2.50. The molecule has 9 heteroatoms. The van der Waals surface area contributed by atoms with Gasteiger partial charge < -0.3 is 5.32 Å². The van der Waals surface area contributed by atoms with Gasteiger partial charge in [0.25, 0.3) is 0 Å². The zero-order valence-electron chi connectivity index (χ0n) is 18.9. The van der Waals surface area contributed by atoms with E-state index in [1.807, 2.05) is 11.3 Å². The van der Waals surface area contributed by atoms with E-state index in [9.17, 15) is 10.1 Å². The molecule has 2 aliphatic rings. The summed E-state index contributed by atoms with van der Waals surface area (Å²) < 4.78 is 2.15. The first-order valence-corrected chi connectivity index (χ1v) is 14.3. The van der Waals surface area contributed by atoms with Crippen LogP contribution in [0.2, 0.25) is 0 Å². The van der Waals surface area contributed by atoms with E-state index in [1.54, 1.807) is 11.3 Å². The Morgan fingerprint density at radius 1 is 1.15 bits per heavy atom. The van der Waals surface area contributed by atoms with Crippen LogP contribution < -0.4 is 5.32 Å². The first kappa shape index (κ1) is 22.6. The van der Waals surface area contributed by atoms with Gasteiger partial charge in [-0.05, 0) is 76.3 Å². The van der Waals surface area contributed by atoms with E-state index in [4.69, 9.17) is 0 Å². The number of carbonyl (C=O) groups is 1. The summed E-state index contributed by atoms with van der Waals surface area (Å²) in [6.45, 7) is 4.26. The van der Waals surface area contributed by atoms with E-state index < -0.39 is 0 Å². The number of aryl methyl sites for hydroxylation is 2. The van der Waals surface area contributed by atoms with E-state index in [1.165, 1.54) is 45.5 Å². The van der Waals surface area contributed by atoms with Crippen molar-refractivity contribution in [1.82, 2.24) is 14.8 Å². The van der Waals surface area contributed by atoms with Gasteiger partial charge in [0.2, 0.25) is 5.91 Å². The molecule has 0 saturated heterocycles. The van der Waals surface area contributed by atoms with Crippen molar-refractivity contribution in [3.8, 4) is 17.5 Å². The van der Waals surface area contributed by atoms with Gasteiger partial charge in [0.05, 0.1) is 11.3 Å². The van der Waals surface area contributed by atoms with Crippen LogP contribution in [0.15, 0.2) is 10.5 Å². The first-order chi connectivity index (χ1) is 16.1. The van der Waals surface area contributed by atoms with Crippen molar-refractivity contribution in [2.75, 3.05) is 11.1 Å². The van der Waals surface area contributed by atoms with Crippen LogP contribution in [0.3, 0.4) is 0 Å². The van der Waals surface area contributed by atoms with Crippen LogP contribution in [0.5, 0.6) is 0 Å². The number of fused-ring (bicyclic) bond motifs is 2. The van der Waals surface area contributed by atoms with Crippen molar-refractivity contribution in [3.05, 3.63) is 31.8 Å². The number of hydrogen-bond donors (Lipinski definition) is 1. The first-order valence-electron chi connectivity index (χ1n) is 11.6. The minimum atomic E-state index is -0.108. The quantitative estimate of drug-likeness (QED) is 0.422. The Balaban J connectivity index is 1.33. The van der Waals surface area contributed by atoms with Gasteiger partial charge in [-0.1, -0.05) is 11.8 Å². The van der Waals surface area contributed by atoms with Crippen LogP contribution in [0, 0.1) is 11.3 Å². The molecule has 1 N–H and O–H groups in total. The predicted octanol–water partition coefficient (Wildman–Crippen LogP) is 6.01. The zero-order valence-corrected chi connectivity index (χ0v) is 21.4. The molecule has 0 aliphatic heterocycles. The van der Waals surface area contributed by atoms with E-state index in [2.05, 4.69) is 45.4 Å². The summed E-state index contributed by atoms with van der Waals surface area (Å²) >= 11 is 4.81. The van der Waals surface area contributed by atoms with Crippen LogP contribution in [-0.4, -0.2) is 26.4 Å². The Morgan fingerprint density at radius 3 is 2.64 bits per heavy atom. The van der Waals surface area contributed by atoms with E-state index in [0.29, 0.717) is 10.6 Å². The number of nitrogens with zero attached hydrogens (tertiary/aromatic N) is 4. The number of nitriles is 1. The third kappa shape index (κ3) is 4.36. The fourth-order valence-corrected chi connectivity index (χ4v) is 8.02. The molecule has 0 aromatic carbocycles. The van der Waals surface area contributed by atoms with Gasteiger partial charge in [-0.15, -0.1) is 32.9 Å². The summed E-state index contributed by atoms with van der Waals surface area (Å²) in [6.07, 6.45) is 8.97. The molecule has 0 fully saturated rings. The lowest BCUT2D eigenvalue weighted by Crippen LogP contribution is -2.15. The summed E-state index contributed by atoms with van der Waals surface area (Å²) in [5.74, 6) is 1.04. The van der Waals surface area contributed by atoms with E-state index in [0.717, 1.165) is 55.1 Å².